The Morgan fingerprint density at radius 1 is 0.957 bits per heavy atom. The Hall–Kier alpha value is -2.82. The predicted molar refractivity (Wildman–Crippen MR) is 85.7 cm³/mol. The zero-order valence-electron chi connectivity index (χ0n) is 13.2. The quantitative estimate of drug-likeness (QED) is 0.679. The van der Waals surface area contributed by atoms with Crippen LogP contribution in [0.3, 0.4) is 0 Å². The van der Waals surface area contributed by atoms with Gasteiger partial charge in [0.15, 0.2) is 6.61 Å². The molecule has 23 heavy (non-hydrogen) atoms. The topological polar surface area (TPSA) is 57.4 Å². The minimum atomic E-state index is 0.232. The average Bonchev–Trinajstić information content (AvgIpc) is 3.00. The van der Waals surface area contributed by atoms with Crippen LogP contribution in [-0.2, 0) is 13.0 Å². The Kier molecular flexibility index (Phi) is 4.57. The van der Waals surface area contributed by atoms with Crippen LogP contribution in [0.5, 0.6) is 17.2 Å². The molecule has 0 spiro atoms. The van der Waals surface area contributed by atoms with Gasteiger partial charge in [0.1, 0.15) is 17.2 Å². The summed E-state index contributed by atoms with van der Waals surface area (Å²) in [5, 5.41) is 7.66. The number of nitrogens with zero attached hydrogens (tertiary/aromatic N) is 2. The number of hydrogen-bond acceptors (Lipinski definition) is 5. The monoisotopic (exact) mass is 310 g/mol. The van der Waals surface area contributed by atoms with Crippen molar-refractivity contribution in [3.63, 3.8) is 0 Å². The van der Waals surface area contributed by atoms with Gasteiger partial charge in [0.05, 0.1) is 0 Å². The highest BCUT2D eigenvalue weighted by Crippen LogP contribution is 2.26. The van der Waals surface area contributed by atoms with Gasteiger partial charge in [-0.1, -0.05) is 25.1 Å². The number of aryl methyl sites for hydroxylation is 2. The van der Waals surface area contributed by atoms with E-state index in [0.717, 1.165) is 12.2 Å². The van der Waals surface area contributed by atoms with Crippen molar-refractivity contribution in [2.75, 3.05) is 0 Å². The van der Waals surface area contributed by atoms with Crippen molar-refractivity contribution in [2.24, 2.45) is 0 Å². The van der Waals surface area contributed by atoms with E-state index in [1.807, 2.05) is 36.4 Å². The highest BCUT2D eigenvalue weighted by atomic mass is 16.5. The Balaban J connectivity index is 1.64. The van der Waals surface area contributed by atoms with Crippen LogP contribution in [0.25, 0.3) is 0 Å². The molecule has 118 valence electrons. The molecule has 0 radical (unpaired) electrons. The van der Waals surface area contributed by atoms with Gasteiger partial charge in [-0.05, 0) is 36.2 Å². The molecule has 3 aromatic rings. The molecular formula is C18H18N2O3. The van der Waals surface area contributed by atoms with Crippen LogP contribution in [-0.4, -0.2) is 10.2 Å². The summed E-state index contributed by atoms with van der Waals surface area (Å²) in [7, 11) is 0. The zero-order valence-corrected chi connectivity index (χ0v) is 13.2. The molecule has 5 heteroatoms. The predicted octanol–water partition coefficient (Wildman–Crippen LogP) is 4.31. The number of aromatic nitrogens is 2. The fraction of sp³-hybridized carbons (Fsp3) is 0.222. The molecule has 0 aliphatic rings. The standard InChI is InChI=1S/C18H18N2O3/c1-3-14-7-9-15(10-8-14)23-17-6-4-5-16(11-17)21-12-18-20-19-13(2)22-18/h4-11H,3,12H2,1-2H3. The van der Waals surface area contributed by atoms with Crippen LogP contribution in [0.4, 0.5) is 0 Å². The summed E-state index contributed by atoms with van der Waals surface area (Å²) in [6, 6.07) is 15.5. The van der Waals surface area contributed by atoms with Crippen LogP contribution >= 0.6 is 0 Å². The molecule has 3 rings (SSSR count). The van der Waals surface area contributed by atoms with Crippen LogP contribution < -0.4 is 9.47 Å². The average molecular weight is 310 g/mol. The summed E-state index contributed by atoms with van der Waals surface area (Å²) in [6.07, 6.45) is 1.01. The minimum Gasteiger partial charge on any atom is -0.484 e. The van der Waals surface area contributed by atoms with Gasteiger partial charge in [-0.3, -0.25) is 0 Å². The van der Waals surface area contributed by atoms with Gasteiger partial charge in [-0.2, -0.15) is 0 Å². The van der Waals surface area contributed by atoms with Crippen molar-refractivity contribution < 1.29 is 13.9 Å². The Labute approximate surface area is 134 Å². The van der Waals surface area contributed by atoms with Gasteiger partial charge in [-0.15, -0.1) is 10.2 Å². The van der Waals surface area contributed by atoms with Crippen LogP contribution in [0.1, 0.15) is 24.3 Å². The molecular weight excluding hydrogens is 292 g/mol. The molecule has 2 aromatic carbocycles. The van der Waals surface area contributed by atoms with E-state index in [1.54, 1.807) is 6.92 Å². The van der Waals surface area contributed by atoms with Crippen molar-refractivity contribution in [1.29, 1.82) is 0 Å². The molecule has 5 nitrogen and oxygen atoms in total. The molecule has 0 aliphatic heterocycles. The maximum atomic E-state index is 5.84. The first-order valence-electron chi connectivity index (χ1n) is 7.51. The van der Waals surface area contributed by atoms with Crippen LogP contribution in [0.15, 0.2) is 52.9 Å². The first kappa shape index (κ1) is 15.1. The van der Waals surface area contributed by atoms with Gasteiger partial charge < -0.3 is 13.9 Å². The fourth-order valence-electron chi connectivity index (χ4n) is 2.10. The highest BCUT2D eigenvalue weighted by Gasteiger charge is 2.05. The van der Waals surface area contributed by atoms with E-state index in [-0.39, 0.29) is 6.61 Å². The summed E-state index contributed by atoms with van der Waals surface area (Å²) < 4.78 is 16.8. The fourth-order valence-corrected chi connectivity index (χ4v) is 2.10. The Morgan fingerprint density at radius 3 is 2.43 bits per heavy atom. The van der Waals surface area contributed by atoms with Gasteiger partial charge in [0.25, 0.3) is 5.89 Å². The lowest BCUT2D eigenvalue weighted by atomic mass is 10.2. The first-order valence-corrected chi connectivity index (χ1v) is 7.51. The third kappa shape index (κ3) is 4.10. The SMILES string of the molecule is CCc1ccc(Oc2cccc(OCc3nnc(C)o3)c2)cc1. The smallest absolute Gasteiger partial charge is 0.253 e. The van der Waals surface area contributed by atoms with Gasteiger partial charge in [0.2, 0.25) is 5.89 Å². The largest absolute Gasteiger partial charge is 0.484 e. The lowest BCUT2D eigenvalue weighted by Gasteiger charge is -2.08. The van der Waals surface area contributed by atoms with Gasteiger partial charge >= 0.3 is 0 Å². The second kappa shape index (κ2) is 6.96. The molecule has 1 aromatic heterocycles. The molecule has 0 unspecified atom stereocenters. The van der Waals surface area contributed by atoms with Crippen LogP contribution in [0.2, 0.25) is 0 Å². The molecule has 1 heterocycles. The molecule has 0 fully saturated rings. The highest BCUT2D eigenvalue weighted by molar-refractivity contribution is 5.37. The summed E-state index contributed by atoms with van der Waals surface area (Å²) in [6.45, 7) is 4.10. The van der Waals surface area contributed by atoms with E-state index in [2.05, 4.69) is 29.3 Å². The molecule has 0 N–H and O–H groups in total. The minimum absolute atomic E-state index is 0.232. The van der Waals surface area contributed by atoms with Crippen molar-refractivity contribution in [3.8, 4) is 17.2 Å². The molecule has 0 saturated heterocycles. The van der Waals surface area contributed by atoms with Crippen molar-refractivity contribution >= 4 is 0 Å². The summed E-state index contributed by atoms with van der Waals surface area (Å²) in [5.41, 5.74) is 1.28. The number of rotatable bonds is 6. The van der Waals surface area contributed by atoms with E-state index in [1.165, 1.54) is 5.56 Å². The maximum absolute atomic E-state index is 5.84. The lowest BCUT2D eigenvalue weighted by molar-refractivity contribution is 0.259. The number of benzene rings is 2. The van der Waals surface area contributed by atoms with Gasteiger partial charge in [-0.25, -0.2) is 0 Å². The van der Waals surface area contributed by atoms with E-state index >= 15 is 0 Å². The third-order valence-electron chi connectivity index (χ3n) is 3.30. The normalized spacial score (nSPS) is 10.5. The molecule has 0 saturated carbocycles. The lowest BCUT2D eigenvalue weighted by Crippen LogP contribution is -1.96. The molecule has 0 amide bonds. The summed E-state index contributed by atoms with van der Waals surface area (Å²) in [4.78, 5) is 0. The second-order valence-electron chi connectivity index (χ2n) is 5.08. The van der Waals surface area contributed by atoms with Crippen LogP contribution in [0, 0.1) is 6.92 Å². The first-order chi connectivity index (χ1) is 11.2. The zero-order chi connectivity index (χ0) is 16.1. The van der Waals surface area contributed by atoms with Gasteiger partial charge in [0, 0.05) is 13.0 Å². The van der Waals surface area contributed by atoms with Crippen molar-refractivity contribution in [1.82, 2.24) is 10.2 Å². The molecule has 0 aliphatic carbocycles. The molecule has 0 bridgehead atoms. The summed E-state index contributed by atoms with van der Waals surface area (Å²) >= 11 is 0. The van der Waals surface area contributed by atoms with E-state index in [0.29, 0.717) is 23.3 Å². The molecule has 0 atom stereocenters. The van der Waals surface area contributed by atoms with E-state index < -0.39 is 0 Å². The Morgan fingerprint density at radius 2 is 1.74 bits per heavy atom. The Bertz CT molecular complexity index is 766. The summed E-state index contributed by atoms with van der Waals surface area (Å²) in [5.74, 6) is 3.17. The van der Waals surface area contributed by atoms with E-state index in [4.69, 9.17) is 13.9 Å². The number of ether oxygens (including phenoxy) is 2. The third-order valence-corrected chi connectivity index (χ3v) is 3.30. The number of hydrogen-bond donors (Lipinski definition) is 0. The van der Waals surface area contributed by atoms with E-state index in [9.17, 15) is 0 Å². The second-order valence-corrected chi connectivity index (χ2v) is 5.08. The van der Waals surface area contributed by atoms with Crippen molar-refractivity contribution in [2.45, 2.75) is 26.9 Å². The van der Waals surface area contributed by atoms with Crippen molar-refractivity contribution in [3.05, 3.63) is 65.9 Å². The maximum Gasteiger partial charge on any atom is 0.253 e.